The Kier molecular flexibility index (Phi) is 4.59. The number of methoxy groups -OCH3 is 1. The minimum Gasteiger partial charge on any atom is -0.493 e. The summed E-state index contributed by atoms with van der Waals surface area (Å²) in [6.07, 6.45) is 1.88. The Labute approximate surface area is 121 Å². The number of ether oxygens (including phenoxy) is 1. The van der Waals surface area contributed by atoms with Gasteiger partial charge in [0.2, 0.25) is 0 Å². The Hall–Kier alpha value is -1.63. The molecule has 1 aromatic carbocycles. The number of halogens is 2. The summed E-state index contributed by atoms with van der Waals surface area (Å²) in [6.45, 7) is 0. The zero-order chi connectivity index (χ0) is 14.7. The Bertz CT molecular complexity index is 582. The van der Waals surface area contributed by atoms with Crippen LogP contribution in [0.1, 0.15) is 17.3 Å². The molecule has 7 heteroatoms. The third-order valence-electron chi connectivity index (χ3n) is 3.17. The lowest BCUT2D eigenvalue weighted by atomic mass is 10.0. The lowest BCUT2D eigenvalue weighted by Gasteiger charge is -2.18. The van der Waals surface area contributed by atoms with E-state index in [0.717, 1.165) is 5.69 Å². The highest BCUT2D eigenvalue weighted by Gasteiger charge is 2.22. The maximum atomic E-state index is 13.9. The van der Waals surface area contributed by atoms with Crippen molar-refractivity contribution in [3.05, 3.63) is 46.5 Å². The Balaban J connectivity index is 2.36. The molecule has 1 unspecified atom stereocenters. The Morgan fingerprint density at radius 2 is 2.30 bits per heavy atom. The van der Waals surface area contributed by atoms with E-state index < -0.39 is 0 Å². The molecule has 1 atom stereocenters. The van der Waals surface area contributed by atoms with Gasteiger partial charge >= 0.3 is 0 Å². The smallest absolute Gasteiger partial charge is 0.161 e. The molecule has 20 heavy (non-hydrogen) atoms. The van der Waals surface area contributed by atoms with Crippen LogP contribution in [0.5, 0.6) is 5.75 Å². The predicted octanol–water partition coefficient (Wildman–Crippen LogP) is 1.97. The van der Waals surface area contributed by atoms with E-state index in [9.17, 15) is 4.39 Å². The normalized spacial score (nSPS) is 12.4. The molecule has 3 N–H and O–H groups in total. The summed E-state index contributed by atoms with van der Waals surface area (Å²) in [5.74, 6) is 5.82. The second kappa shape index (κ2) is 6.21. The van der Waals surface area contributed by atoms with E-state index in [1.54, 1.807) is 37.2 Å². The summed E-state index contributed by atoms with van der Waals surface area (Å²) >= 11 is 6.04. The van der Waals surface area contributed by atoms with Crippen LogP contribution in [-0.2, 0) is 13.5 Å². The third-order valence-corrected chi connectivity index (χ3v) is 3.52. The summed E-state index contributed by atoms with van der Waals surface area (Å²) in [5, 5.41) is 4.48. The van der Waals surface area contributed by atoms with Crippen LogP contribution < -0.4 is 16.0 Å². The first-order chi connectivity index (χ1) is 9.58. The highest BCUT2D eigenvalue weighted by atomic mass is 35.5. The molecular formula is C13H16ClFN4O. The summed E-state index contributed by atoms with van der Waals surface area (Å²) in [4.78, 5) is 0. The molecule has 0 aliphatic rings. The number of aromatic nitrogens is 2. The summed E-state index contributed by atoms with van der Waals surface area (Å²) in [7, 11) is 3.31. The largest absolute Gasteiger partial charge is 0.493 e. The first-order valence-electron chi connectivity index (χ1n) is 6.03. The molecule has 108 valence electrons. The van der Waals surface area contributed by atoms with E-state index in [1.807, 2.05) is 0 Å². The molecular weight excluding hydrogens is 283 g/mol. The van der Waals surface area contributed by atoms with Crippen molar-refractivity contribution in [2.75, 3.05) is 7.11 Å². The Morgan fingerprint density at radius 3 is 2.90 bits per heavy atom. The molecule has 1 heterocycles. The molecule has 5 nitrogen and oxygen atoms in total. The number of rotatable bonds is 5. The lowest BCUT2D eigenvalue weighted by Crippen LogP contribution is -2.31. The molecule has 0 fully saturated rings. The number of nitrogens with two attached hydrogens (primary N) is 1. The van der Waals surface area contributed by atoms with Crippen LogP contribution in [0.3, 0.4) is 0 Å². The van der Waals surface area contributed by atoms with Crippen molar-refractivity contribution in [1.29, 1.82) is 0 Å². The topological polar surface area (TPSA) is 65.1 Å². The zero-order valence-electron chi connectivity index (χ0n) is 11.2. The van der Waals surface area contributed by atoms with E-state index in [0.29, 0.717) is 16.3 Å². The van der Waals surface area contributed by atoms with Gasteiger partial charge in [0.25, 0.3) is 0 Å². The van der Waals surface area contributed by atoms with Crippen LogP contribution in [0, 0.1) is 5.82 Å². The van der Waals surface area contributed by atoms with Crippen LogP contribution in [0.25, 0.3) is 0 Å². The highest BCUT2D eigenvalue weighted by Crippen LogP contribution is 2.29. The quantitative estimate of drug-likeness (QED) is 0.654. The van der Waals surface area contributed by atoms with Gasteiger partial charge in [-0.1, -0.05) is 17.7 Å². The summed E-state index contributed by atoms with van der Waals surface area (Å²) in [6, 6.07) is 4.21. The average molecular weight is 299 g/mol. The fourth-order valence-corrected chi connectivity index (χ4v) is 2.39. The summed E-state index contributed by atoms with van der Waals surface area (Å²) < 4.78 is 20.7. The maximum Gasteiger partial charge on any atom is 0.161 e. The van der Waals surface area contributed by atoms with E-state index >= 15 is 0 Å². The van der Waals surface area contributed by atoms with E-state index in [1.165, 1.54) is 6.07 Å². The van der Waals surface area contributed by atoms with Crippen molar-refractivity contribution >= 4 is 11.6 Å². The monoisotopic (exact) mass is 298 g/mol. The number of nitrogens with zero attached hydrogens (tertiary/aromatic N) is 2. The highest BCUT2D eigenvalue weighted by molar-refractivity contribution is 6.31. The van der Waals surface area contributed by atoms with Crippen molar-refractivity contribution in [3.8, 4) is 5.75 Å². The zero-order valence-corrected chi connectivity index (χ0v) is 12.0. The fraction of sp³-hybridized carbons (Fsp3) is 0.308. The van der Waals surface area contributed by atoms with Crippen molar-refractivity contribution in [2.45, 2.75) is 12.5 Å². The molecule has 2 aromatic rings. The molecule has 0 aliphatic carbocycles. The minimum absolute atomic E-state index is 0.290. The van der Waals surface area contributed by atoms with Crippen LogP contribution >= 0.6 is 11.6 Å². The van der Waals surface area contributed by atoms with Gasteiger partial charge < -0.3 is 4.74 Å². The molecule has 0 aliphatic heterocycles. The van der Waals surface area contributed by atoms with Gasteiger partial charge in [0.05, 0.1) is 25.0 Å². The third kappa shape index (κ3) is 2.77. The maximum absolute atomic E-state index is 13.9. The van der Waals surface area contributed by atoms with Gasteiger partial charge in [-0.15, -0.1) is 0 Å². The van der Waals surface area contributed by atoms with Crippen LogP contribution in [0.4, 0.5) is 4.39 Å². The predicted molar refractivity (Wildman–Crippen MR) is 74.9 cm³/mol. The lowest BCUT2D eigenvalue weighted by molar-refractivity contribution is 0.393. The standard InChI is InChI=1S/C13H16ClFN4O/c1-19-13(12(20-2)7-17-19)11(18-16)6-8-9(14)4-3-5-10(8)15/h3-5,7,11,18H,6,16H2,1-2H3. The molecule has 1 aromatic heterocycles. The van der Waals surface area contributed by atoms with Crippen molar-refractivity contribution in [1.82, 2.24) is 15.2 Å². The number of aryl methyl sites for hydroxylation is 1. The second-order valence-corrected chi connectivity index (χ2v) is 4.75. The van der Waals surface area contributed by atoms with Crippen molar-refractivity contribution in [3.63, 3.8) is 0 Å². The van der Waals surface area contributed by atoms with Gasteiger partial charge in [0, 0.05) is 17.6 Å². The molecule has 0 spiro atoms. The van der Waals surface area contributed by atoms with Gasteiger partial charge in [-0.2, -0.15) is 5.10 Å². The van der Waals surface area contributed by atoms with Gasteiger partial charge in [-0.05, 0) is 18.6 Å². The average Bonchev–Trinajstić information content (AvgIpc) is 2.80. The number of hydrogen-bond donors (Lipinski definition) is 2. The second-order valence-electron chi connectivity index (χ2n) is 4.35. The van der Waals surface area contributed by atoms with Crippen molar-refractivity contribution in [2.24, 2.45) is 12.9 Å². The van der Waals surface area contributed by atoms with Gasteiger partial charge in [-0.25, -0.2) is 4.39 Å². The molecule has 0 saturated heterocycles. The van der Waals surface area contributed by atoms with Gasteiger partial charge in [-0.3, -0.25) is 16.0 Å². The molecule has 2 rings (SSSR count). The first-order valence-corrected chi connectivity index (χ1v) is 6.41. The summed E-state index contributed by atoms with van der Waals surface area (Å²) in [5.41, 5.74) is 3.79. The first kappa shape index (κ1) is 14.8. The molecule has 0 bridgehead atoms. The van der Waals surface area contributed by atoms with E-state index in [-0.39, 0.29) is 18.3 Å². The van der Waals surface area contributed by atoms with Crippen LogP contribution in [0.15, 0.2) is 24.4 Å². The van der Waals surface area contributed by atoms with E-state index in [2.05, 4.69) is 10.5 Å². The number of hydrazine groups is 1. The number of benzene rings is 1. The van der Waals surface area contributed by atoms with Gasteiger partial charge in [0.15, 0.2) is 5.75 Å². The fourth-order valence-electron chi connectivity index (χ4n) is 2.15. The van der Waals surface area contributed by atoms with Gasteiger partial charge in [0.1, 0.15) is 5.82 Å². The van der Waals surface area contributed by atoms with E-state index in [4.69, 9.17) is 22.2 Å². The minimum atomic E-state index is -0.369. The van der Waals surface area contributed by atoms with Crippen molar-refractivity contribution < 1.29 is 9.13 Å². The Morgan fingerprint density at radius 1 is 1.55 bits per heavy atom. The molecule has 0 amide bonds. The number of hydrogen-bond acceptors (Lipinski definition) is 4. The van der Waals surface area contributed by atoms with Crippen LogP contribution in [-0.4, -0.2) is 16.9 Å². The van der Waals surface area contributed by atoms with Crippen LogP contribution in [0.2, 0.25) is 5.02 Å². The molecule has 0 saturated carbocycles. The molecule has 0 radical (unpaired) electrons. The SMILES string of the molecule is COc1cnn(C)c1C(Cc1c(F)cccc1Cl)NN. The number of nitrogens with one attached hydrogen (secondary N) is 1.